The standard InChI is InChI=1S/C17H16BrNO/c1-20-17-7-4-14(18)9-13(17)8-11-2-3-12-10-15(19)5-6-16(11)12/h4-10H,2-3,19H2,1H3. The molecule has 102 valence electrons. The number of aryl methyl sites for hydroxylation is 1. The van der Waals surface area contributed by atoms with E-state index >= 15 is 0 Å². The van der Waals surface area contributed by atoms with Crippen LogP contribution in [0.2, 0.25) is 0 Å². The van der Waals surface area contributed by atoms with Crippen LogP contribution in [0.5, 0.6) is 5.75 Å². The number of anilines is 1. The fraction of sp³-hybridized carbons (Fsp3) is 0.176. The van der Waals surface area contributed by atoms with E-state index < -0.39 is 0 Å². The molecule has 0 saturated heterocycles. The molecule has 0 saturated carbocycles. The van der Waals surface area contributed by atoms with Crippen molar-refractivity contribution in [2.45, 2.75) is 12.8 Å². The third-order valence-corrected chi connectivity index (χ3v) is 4.15. The summed E-state index contributed by atoms with van der Waals surface area (Å²) in [5.74, 6) is 0.893. The van der Waals surface area contributed by atoms with E-state index in [1.165, 1.54) is 16.7 Å². The van der Waals surface area contributed by atoms with Crippen molar-refractivity contribution in [2.75, 3.05) is 12.8 Å². The van der Waals surface area contributed by atoms with Gasteiger partial charge in [0.1, 0.15) is 5.75 Å². The summed E-state index contributed by atoms with van der Waals surface area (Å²) in [7, 11) is 1.70. The van der Waals surface area contributed by atoms with Gasteiger partial charge in [-0.15, -0.1) is 0 Å². The van der Waals surface area contributed by atoms with Crippen molar-refractivity contribution in [3.05, 3.63) is 57.6 Å². The molecule has 0 fully saturated rings. The van der Waals surface area contributed by atoms with E-state index in [1.807, 2.05) is 18.2 Å². The SMILES string of the molecule is COc1ccc(Br)cc1C=C1CCc2cc(N)ccc21. The molecule has 2 N–H and O–H groups in total. The van der Waals surface area contributed by atoms with Crippen molar-refractivity contribution in [2.24, 2.45) is 0 Å². The molecule has 20 heavy (non-hydrogen) atoms. The van der Waals surface area contributed by atoms with Gasteiger partial charge in [0.05, 0.1) is 7.11 Å². The van der Waals surface area contributed by atoms with Crippen molar-refractivity contribution in [1.29, 1.82) is 0 Å². The van der Waals surface area contributed by atoms with Crippen LogP contribution in [-0.4, -0.2) is 7.11 Å². The Morgan fingerprint density at radius 1 is 1.15 bits per heavy atom. The minimum atomic E-state index is 0.838. The summed E-state index contributed by atoms with van der Waals surface area (Å²) in [6.07, 6.45) is 4.32. The van der Waals surface area contributed by atoms with Crippen LogP contribution < -0.4 is 10.5 Å². The summed E-state index contributed by atoms with van der Waals surface area (Å²) < 4.78 is 6.49. The zero-order chi connectivity index (χ0) is 14.1. The van der Waals surface area contributed by atoms with E-state index in [-0.39, 0.29) is 0 Å². The number of methoxy groups -OCH3 is 1. The molecule has 3 rings (SSSR count). The van der Waals surface area contributed by atoms with Crippen molar-refractivity contribution >= 4 is 33.3 Å². The van der Waals surface area contributed by atoms with Gasteiger partial charge >= 0.3 is 0 Å². The molecular formula is C17H16BrNO. The van der Waals surface area contributed by atoms with Crippen molar-refractivity contribution in [3.8, 4) is 5.75 Å². The van der Waals surface area contributed by atoms with Gasteiger partial charge in [-0.05, 0) is 65.9 Å². The molecule has 0 amide bonds. The number of fused-ring (bicyclic) bond motifs is 1. The zero-order valence-electron chi connectivity index (χ0n) is 11.3. The normalized spacial score (nSPS) is 15.4. The lowest BCUT2D eigenvalue weighted by atomic mass is 10.0. The Hall–Kier alpha value is -1.74. The monoisotopic (exact) mass is 329 g/mol. The van der Waals surface area contributed by atoms with E-state index in [1.54, 1.807) is 7.11 Å². The highest BCUT2D eigenvalue weighted by Gasteiger charge is 2.16. The molecule has 0 radical (unpaired) electrons. The van der Waals surface area contributed by atoms with Gasteiger partial charge < -0.3 is 10.5 Å². The van der Waals surface area contributed by atoms with Crippen LogP contribution in [0, 0.1) is 0 Å². The maximum Gasteiger partial charge on any atom is 0.126 e. The van der Waals surface area contributed by atoms with Crippen LogP contribution in [0.25, 0.3) is 11.6 Å². The fourth-order valence-electron chi connectivity index (χ4n) is 2.69. The van der Waals surface area contributed by atoms with Gasteiger partial charge in [-0.1, -0.05) is 22.0 Å². The molecule has 0 heterocycles. The highest BCUT2D eigenvalue weighted by atomic mass is 79.9. The Bertz CT molecular complexity index is 691. The minimum absolute atomic E-state index is 0.838. The average Bonchev–Trinajstić information content (AvgIpc) is 2.81. The smallest absolute Gasteiger partial charge is 0.126 e. The number of nitrogen functional groups attached to an aromatic ring is 1. The topological polar surface area (TPSA) is 35.2 Å². The molecule has 0 aromatic heterocycles. The largest absolute Gasteiger partial charge is 0.496 e. The van der Waals surface area contributed by atoms with E-state index in [2.05, 4.69) is 40.2 Å². The first-order valence-corrected chi connectivity index (χ1v) is 7.39. The second-order valence-corrected chi connectivity index (χ2v) is 5.89. The minimum Gasteiger partial charge on any atom is -0.496 e. The van der Waals surface area contributed by atoms with Gasteiger partial charge in [0.2, 0.25) is 0 Å². The molecule has 2 aromatic rings. The summed E-state index contributed by atoms with van der Waals surface area (Å²) in [6, 6.07) is 12.2. The second kappa shape index (κ2) is 5.33. The lowest BCUT2D eigenvalue weighted by Crippen LogP contribution is -1.89. The van der Waals surface area contributed by atoms with Crippen LogP contribution in [0.3, 0.4) is 0 Å². The first-order valence-electron chi connectivity index (χ1n) is 6.60. The third kappa shape index (κ3) is 2.46. The van der Waals surface area contributed by atoms with Gasteiger partial charge in [-0.25, -0.2) is 0 Å². The van der Waals surface area contributed by atoms with Crippen LogP contribution in [-0.2, 0) is 6.42 Å². The molecule has 0 unspecified atom stereocenters. The highest BCUT2D eigenvalue weighted by molar-refractivity contribution is 9.10. The first kappa shape index (κ1) is 13.3. The quantitative estimate of drug-likeness (QED) is 0.821. The number of allylic oxidation sites excluding steroid dienone is 1. The van der Waals surface area contributed by atoms with E-state index in [9.17, 15) is 0 Å². The Kier molecular flexibility index (Phi) is 3.53. The van der Waals surface area contributed by atoms with Crippen molar-refractivity contribution < 1.29 is 4.74 Å². The number of hydrogen-bond donors (Lipinski definition) is 1. The van der Waals surface area contributed by atoms with Gasteiger partial charge in [0.25, 0.3) is 0 Å². The van der Waals surface area contributed by atoms with Gasteiger partial charge in [0.15, 0.2) is 0 Å². The molecule has 2 aromatic carbocycles. The number of halogens is 1. The molecule has 3 heteroatoms. The van der Waals surface area contributed by atoms with Crippen LogP contribution in [0.1, 0.15) is 23.1 Å². The molecule has 0 aliphatic heterocycles. The fourth-order valence-corrected chi connectivity index (χ4v) is 3.07. The van der Waals surface area contributed by atoms with E-state index in [0.717, 1.165) is 34.3 Å². The number of nitrogens with two attached hydrogens (primary N) is 1. The molecule has 0 spiro atoms. The first-order chi connectivity index (χ1) is 9.67. The van der Waals surface area contributed by atoms with Crippen molar-refractivity contribution in [1.82, 2.24) is 0 Å². The Morgan fingerprint density at radius 3 is 2.80 bits per heavy atom. The van der Waals surface area contributed by atoms with E-state index in [0.29, 0.717) is 0 Å². The highest BCUT2D eigenvalue weighted by Crippen LogP contribution is 2.36. The Morgan fingerprint density at radius 2 is 2.00 bits per heavy atom. The summed E-state index contributed by atoms with van der Waals surface area (Å²) in [4.78, 5) is 0. The third-order valence-electron chi connectivity index (χ3n) is 3.66. The number of hydrogen-bond acceptors (Lipinski definition) is 2. The summed E-state index contributed by atoms with van der Waals surface area (Å²) in [5.41, 5.74) is 11.8. The molecule has 2 nitrogen and oxygen atoms in total. The predicted molar refractivity (Wildman–Crippen MR) is 87.7 cm³/mol. The summed E-state index contributed by atoms with van der Waals surface area (Å²) in [5, 5.41) is 0. The number of ether oxygens (including phenoxy) is 1. The van der Waals surface area contributed by atoms with Gasteiger partial charge in [-0.3, -0.25) is 0 Å². The number of benzene rings is 2. The lowest BCUT2D eigenvalue weighted by Gasteiger charge is -2.07. The number of rotatable bonds is 2. The van der Waals surface area contributed by atoms with Gasteiger partial charge in [-0.2, -0.15) is 0 Å². The van der Waals surface area contributed by atoms with Crippen LogP contribution in [0.15, 0.2) is 40.9 Å². The predicted octanol–water partition coefficient (Wildman–Crippen LogP) is 4.53. The molecule has 1 aliphatic carbocycles. The molecule has 0 atom stereocenters. The average molecular weight is 330 g/mol. The lowest BCUT2D eigenvalue weighted by molar-refractivity contribution is 0.414. The summed E-state index contributed by atoms with van der Waals surface area (Å²) in [6.45, 7) is 0. The van der Waals surface area contributed by atoms with Gasteiger partial charge in [0, 0.05) is 15.7 Å². The van der Waals surface area contributed by atoms with E-state index in [4.69, 9.17) is 10.5 Å². The summed E-state index contributed by atoms with van der Waals surface area (Å²) >= 11 is 3.51. The molecule has 1 aliphatic rings. The zero-order valence-corrected chi connectivity index (χ0v) is 12.9. The Labute approximate surface area is 127 Å². The maximum absolute atomic E-state index is 5.85. The second-order valence-electron chi connectivity index (χ2n) is 4.97. The Balaban J connectivity index is 2.05. The van der Waals surface area contributed by atoms with Crippen LogP contribution >= 0.6 is 15.9 Å². The maximum atomic E-state index is 5.85. The molecule has 0 bridgehead atoms. The van der Waals surface area contributed by atoms with Crippen LogP contribution in [0.4, 0.5) is 5.69 Å². The van der Waals surface area contributed by atoms with Crippen molar-refractivity contribution in [3.63, 3.8) is 0 Å². The molecular weight excluding hydrogens is 314 g/mol.